The molecule has 2 N–H and O–H groups in total. The number of carbonyl (C=O) groups excluding carboxylic acids is 1. The summed E-state index contributed by atoms with van der Waals surface area (Å²) in [5, 5.41) is 3.45. The van der Waals surface area contributed by atoms with Crippen molar-refractivity contribution in [2.45, 2.75) is 19.4 Å². The molecule has 2 aliphatic rings. The van der Waals surface area contributed by atoms with Gasteiger partial charge in [-0.2, -0.15) is 0 Å². The number of likely N-dealkylation sites (tertiary alicyclic amines) is 1. The van der Waals surface area contributed by atoms with Gasteiger partial charge in [0.05, 0.1) is 11.0 Å². The van der Waals surface area contributed by atoms with Gasteiger partial charge in [0, 0.05) is 13.1 Å². The maximum Gasteiger partial charge on any atom is 0.326 e. The number of para-hydroxylation sites is 2. The molecular formula is C17H23ClN4O2. The van der Waals surface area contributed by atoms with Gasteiger partial charge in [-0.05, 0) is 49.9 Å². The molecule has 0 saturated carbocycles. The van der Waals surface area contributed by atoms with Crippen LogP contribution in [0.15, 0.2) is 29.1 Å². The zero-order valence-corrected chi connectivity index (χ0v) is 14.3. The third-order valence-electron chi connectivity index (χ3n) is 5.35. The van der Waals surface area contributed by atoms with Crippen LogP contribution < -0.4 is 11.0 Å². The van der Waals surface area contributed by atoms with Gasteiger partial charge in [-0.1, -0.05) is 12.1 Å². The van der Waals surface area contributed by atoms with Gasteiger partial charge >= 0.3 is 5.69 Å². The lowest BCUT2D eigenvalue weighted by atomic mass is 9.92. The van der Waals surface area contributed by atoms with Crippen molar-refractivity contribution < 1.29 is 4.79 Å². The Hall–Kier alpha value is -1.79. The maximum absolute atomic E-state index is 12.7. The van der Waals surface area contributed by atoms with E-state index in [4.69, 9.17) is 0 Å². The average Bonchev–Trinajstić information content (AvgIpc) is 3.06. The Kier molecular flexibility index (Phi) is 4.96. The number of hydrogen-bond acceptors (Lipinski definition) is 3. The van der Waals surface area contributed by atoms with E-state index in [0.717, 1.165) is 50.1 Å². The quantitative estimate of drug-likeness (QED) is 0.855. The van der Waals surface area contributed by atoms with Crippen molar-refractivity contribution >= 4 is 29.3 Å². The van der Waals surface area contributed by atoms with Gasteiger partial charge in [0.15, 0.2) is 0 Å². The van der Waals surface area contributed by atoms with Gasteiger partial charge in [-0.15, -0.1) is 12.4 Å². The van der Waals surface area contributed by atoms with Crippen LogP contribution in [0.1, 0.15) is 12.8 Å². The Morgan fingerprint density at radius 1 is 1.12 bits per heavy atom. The Bertz CT molecular complexity index is 770. The van der Waals surface area contributed by atoms with E-state index in [1.807, 2.05) is 29.2 Å². The fourth-order valence-corrected chi connectivity index (χ4v) is 3.97. The summed E-state index contributed by atoms with van der Waals surface area (Å²) in [6.07, 6.45) is 2.12. The van der Waals surface area contributed by atoms with E-state index in [-0.39, 0.29) is 30.5 Å². The predicted octanol–water partition coefficient (Wildman–Crippen LogP) is 1.21. The first-order valence-electron chi connectivity index (χ1n) is 8.38. The molecule has 2 aromatic rings. The molecule has 130 valence electrons. The molecule has 3 heterocycles. The zero-order valence-electron chi connectivity index (χ0n) is 13.5. The number of carbonyl (C=O) groups is 1. The summed E-state index contributed by atoms with van der Waals surface area (Å²) in [6, 6.07) is 7.50. The molecule has 0 aliphatic carbocycles. The van der Waals surface area contributed by atoms with Gasteiger partial charge in [-0.3, -0.25) is 9.36 Å². The SMILES string of the molecule is Cl.O=C(Cn1c(=O)[nH]c2ccccc21)N1CC[C@@H]2CNC[C@@H]2CC1. The number of aromatic nitrogens is 2. The van der Waals surface area contributed by atoms with Crippen molar-refractivity contribution in [2.24, 2.45) is 11.8 Å². The van der Waals surface area contributed by atoms with Crippen molar-refractivity contribution in [3.63, 3.8) is 0 Å². The first-order chi connectivity index (χ1) is 11.2. The van der Waals surface area contributed by atoms with Crippen LogP contribution in [-0.4, -0.2) is 46.5 Å². The molecule has 2 saturated heterocycles. The molecule has 7 heteroatoms. The van der Waals surface area contributed by atoms with Crippen molar-refractivity contribution in [2.75, 3.05) is 26.2 Å². The van der Waals surface area contributed by atoms with Crippen molar-refractivity contribution in [3.05, 3.63) is 34.7 Å². The molecule has 1 amide bonds. The lowest BCUT2D eigenvalue weighted by Crippen LogP contribution is -2.37. The number of aromatic amines is 1. The maximum atomic E-state index is 12.7. The highest BCUT2D eigenvalue weighted by Crippen LogP contribution is 2.27. The third-order valence-corrected chi connectivity index (χ3v) is 5.35. The molecule has 2 atom stereocenters. The molecule has 2 aliphatic heterocycles. The molecule has 24 heavy (non-hydrogen) atoms. The van der Waals surface area contributed by atoms with Crippen LogP contribution in [0.2, 0.25) is 0 Å². The van der Waals surface area contributed by atoms with Gasteiger partial charge in [0.1, 0.15) is 6.54 Å². The average molecular weight is 351 g/mol. The molecule has 1 aromatic carbocycles. The number of nitrogens with one attached hydrogen (secondary N) is 2. The highest BCUT2D eigenvalue weighted by molar-refractivity contribution is 5.85. The number of imidazole rings is 1. The lowest BCUT2D eigenvalue weighted by Gasteiger charge is -2.21. The molecule has 2 fully saturated rings. The molecule has 1 aromatic heterocycles. The van der Waals surface area contributed by atoms with Gasteiger partial charge < -0.3 is 15.2 Å². The number of benzene rings is 1. The lowest BCUT2D eigenvalue weighted by molar-refractivity contribution is -0.131. The minimum absolute atomic E-state index is 0. The Morgan fingerprint density at radius 2 is 1.79 bits per heavy atom. The molecule has 6 nitrogen and oxygen atoms in total. The number of hydrogen-bond donors (Lipinski definition) is 2. The van der Waals surface area contributed by atoms with Gasteiger partial charge in [-0.25, -0.2) is 4.79 Å². The number of amides is 1. The summed E-state index contributed by atoms with van der Waals surface area (Å²) in [5.74, 6) is 1.44. The van der Waals surface area contributed by atoms with Crippen LogP contribution in [-0.2, 0) is 11.3 Å². The summed E-state index contributed by atoms with van der Waals surface area (Å²) in [5.41, 5.74) is 1.36. The summed E-state index contributed by atoms with van der Waals surface area (Å²) in [7, 11) is 0. The minimum Gasteiger partial charge on any atom is -0.341 e. The molecule has 0 bridgehead atoms. The number of nitrogens with zero attached hydrogens (tertiary/aromatic N) is 2. The van der Waals surface area contributed by atoms with E-state index < -0.39 is 0 Å². The second-order valence-electron chi connectivity index (χ2n) is 6.67. The predicted molar refractivity (Wildman–Crippen MR) is 95.5 cm³/mol. The third kappa shape index (κ3) is 3.08. The van der Waals surface area contributed by atoms with Gasteiger partial charge in [0.25, 0.3) is 0 Å². The number of halogens is 1. The normalized spacial score (nSPS) is 23.6. The van der Waals surface area contributed by atoms with Crippen LogP contribution in [0, 0.1) is 11.8 Å². The summed E-state index contributed by atoms with van der Waals surface area (Å²) in [6.45, 7) is 3.89. The van der Waals surface area contributed by atoms with Crippen LogP contribution in [0.4, 0.5) is 0 Å². The number of H-pyrrole nitrogens is 1. The van der Waals surface area contributed by atoms with Crippen molar-refractivity contribution in [1.29, 1.82) is 0 Å². The van der Waals surface area contributed by atoms with Crippen molar-refractivity contribution in [3.8, 4) is 0 Å². The van der Waals surface area contributed by atoms with Crippen LogP contribution >= 0.6 is 12.4 Å². The van der Waals surface area contributed by atoms with E-state index in [2.05, 4.69) is 10.3 Å². The Balaban J connectivity index is 0.00000169. The van der Waals surface area contributed by atoms with E-state index in [1.54, 1.807) is 4.57 Å². The first-order valence-corrected chi connectivity index (χ1v) is 8.38. The molecule has 0 unspecified atom stereocenters. The van der Waals surface area contributed by atoms with Gasteiger partial charge in [0.2, 0.25) is 5.91 Å². The number of rotatable bonds is 2. The summed E-state index contributed by atoms with van der Waals surface area (Å²) >= 11 is 0. The monoisotopic (exact) mass is 350 g/mol. The molecular weight excluding hydrogens is 328 g/mol. The molecule has 0 spiro atoms. The molecule has 0 radical (unpaired) electrons. The van der Waals surface area contributed by atoms with E-state index in [9.17, 15) is 9.59 Å². The highest BCUT2D eigenvalue weighted by Gasteiger charge is 2.31. The second kappa shape index (κ2) is 6.99. The Labute approximate surface area is 146 Å². The highest BCUT2D eigenvalue weighted by atomic mass is 35.5. The topological polar surface area (TPSA) is 70.1 Å². The standard InChI is InChI=1S/C17H22N4O2.ClH/c22-16(20-7-5-12-9-18-10-13(12)6-8-20)11-21-15-4-2-1-3-14(15)19-17(21)23;/h1-4,12-13,18H,5-11H2,(H,19,23);1H/t12-,13+;. The van der Waals surface area contributed by atoms with Crippen molar-refractivity contribution in [1.82, 2.24) is 19.8 Å². The summed E-state index contributed by atoms with van der Waals surface area (Å²) in [4.78, 5) is 29.5. The fourth-order valence-electron chi connectivity index (χ4n) is 3.97. The van der Waals surface area contributed by atoms with E-state index >= 15 is 0 Å². The van der Waals surface area contributed by atoms with Crippen LogP contribution in [0.3, 0.4) is 0 Å². The molecule has 4 rings (SSSR count). The fraction of sp³-hybridized carbons (Fsp3) is 0.529. The van der Waals surface area contributed by atoms with Crippen LogP contribution in [0.25, 0.3) is 11.0 Å². The largest absolute Gasteiger partial charge is 0.341 e. The number of fused-ring (bicyclic) bond motifs is 2. The van der Waals surface area contributed by atoms with Crippen LogP contribution in [0.5, 0.6) is 0 Å². The smallest absolute Gasteiger partial charge is 0.326 e. The minimum atomic E-state index is -0.213. The second-order valence-corrected chi connectivity index (χ2v) is 6.67. The van der Waals surface area contributed by atoms with E-state index in [1.165, 1.54) is 0 Å². The van der Waals surface area contributed by atoms with E-state index in [0.29, 0.717) is 11.8 Å². The summed E-state index contributed by atoms with van der Waals surface area (Å²) < 4.78 is 1.55. The first kappa shape index (κ1) is 17.0. The zero-order chi connectivity index (χ0) is 15.8. The Morgan fingerprint density at radius 3 is 2.50 bits per heavy atom.